The fourth-order valence-corrected chi connectivity index (χ4v) is 4.84. The van der Waals surface area contributed by atoms with Crippen LogP contribution in [0.5, 0.6) is 0 Å². The van der Waals surface area contributed by atoms with E-state index in [9.17, 15) is 0 Å². The standard InChI is InChI=1S/C21H47N9/c22-19-3-1-18(2-4-19)11-30-21-15-27-8-5-24-12-20(23,13-25-6-9-28-16-21)14-26-7-10-29-17-21/h18-19,24-30H,1-17,22-23H2. The van der Waals surface area contributed by atoms with Gasteiger partial charge in [-0.05, 0) is 38.1 Å². The van der Waals surface area contributed by atoms with Gasteiger partial charge in [0, 0.05) is 84.6 Å². The van der Waals surface area contributed by atoms with E-state index >= 15 is 0 Å². The van der Waals surface area contributed by atoms with E-state index in [-0.39, 0.29) is 11.1 Å². The lowest BCUT2D eigenvalue weighted by molar-refractivity contribution is 0.234. The second-order valence-corrected chi connectivity index (χ2v) is 9.87. The normalized spacial score (nSPS) is 38.6. The van der Waals surface area contributed by atoms with E-state index < -0.39 is 0 Å². The molecule has 0 radical (unpaired) electrons. The molecule has 3 heterocycles. The minimum atomic E-state index is -0.276. The molecular formula is C21H47N9. The van der Waals surface area contributed by atoms with E-state index in [4.69, 9.17) is 11.5 Å². The highest BCUT2D eigenvalue weighted by Gasteiger charge is 2.31. The fourth-order valence-electron chi connectivity index (χ4n) is 4.84. The zero-order chi connectivity index (χ0) is 21.1. The third-order valence-electron chi connectivity index (χ3n) is 6.91. The van der Waals surface area contributed by atoms with Gasteiger partial charge in [0.15, 0.2) is 0 Å². The maximum atomic E-state index is 6.67. The van der Waals surface area contributed by atoms with Crippen molar-refractivity contribution in [1.82, 2.24) is 37.2 Å². The van der Waals surface area contributed by atoms with Crippen LogP contribution in [0.2, 0.25) is 0 Å². The topological polar surface area (TPSA) is 136 Å². The quantitative estimate of drug-likeness (QED) is 0.233. The summed E-state index contributed by atoms with van der Waals surface area (Å²) in [5.41, 5.74) is 12.5. The van der Waals surface area contributed by atoms with Crippen LogP contribution in [0.3, 0.4) is 0 Å². The third-order valence-corrected chi connectivity index (χ3v) is 6.91. The van der Waals surface area contributed by atoms with Crippen molar-refractivity contribution in [3.63, 3.8) is 0 Å². The first kappa shape index (κ1) is 24.3. The van der Waals surface area contributed by atoms with Crippen LogP contribution in [-0.4, -0.2) is 102 Å². The maximum absolute atomic E-state index is 6.67. The molecule has 9 heteroatoms. The molecule has 0 aromatic rings. The number of nitrogens with one attached hydrogen (secondary N) is 7. The molecule has 0 atom stereocenters. The van der Waals surface area contributed by atoms with Crippen molar-refractivity contribution in [3.8, 4) is 0 Å². The van der Waals surface area contributed by atoms with Gasteiger partial charge in [0.25, 0.3) is 0 Å². The molecule has 3 aliphatic heterocycles. The van der Waals surface area contributed by atoms with Crippen molar-refractivity contribution < 1.29 is 0 Å². The molecule has 4 fully saturated rings. The van der Waals surface area contributed by atoms with Crippen LogP contribution < -0.4 is 48.7 Å². The zero-order valence-corrected chi connectivity index (χ0v) is 18.8. The van der Waals surface area contributed by atoms with E-state index in [1.54, 1.807) is 0 Å². The molecule has 2 bridgehead atoms. The lowest BCUT2D eigenvalue weighted by Gasteiger charge is -2.39. The fraction of sp³-hybridized carbons (Fsp3) is 1.00. The smallest absolute Gasteiger partial charge is 0.0558 e. The minimum absolute atomic E-state index is 0.00851. The van der Waals surface area contributed by atoms with Crippen molar-refractivity contribution in [2.45, 2.75) is 42.8 Å². The average Bonchev–Trinajstić information content (AvgIpc) is 2.74. The third kappa shape index (κ3) is 8.29. The summed E-state index contributed by atoms with van der Waals surface area (Å²) < 4.78 is 0. The molecule has 4 rings (SSSR count). The van der Waals surface area contributed by atoms with E-state index in [2.05, 4.69) is 37.2 Å². The molecule has 0 aromatic carbocycles. The Hall–Kier alpha value is -0.360. The van der Waals surface area contributed by atoms with E-state index in [0.717, 1.165) is 91.0 Å². The minimum Gasteiger partial charge on any atom is -0.328 e. The second kappa shape index (κ2) is 12.6. The van der Waals surface area contributed by atoms with Crippen molar-refractivity contribution in [2.75, 3.05) is 85.1 Å². The molecule has 11 N–H and O–H groups in total. The Labute approximate surface area is 183 Å². The molecule has 0 aromatic heterocycles. The van der Waals surface area contributed by atoms with Gasteiger partial charge in [-0.25, -0.2) is 0 Å². The van der Waals surface area contributed by atoms with Gasteiger partial charge in [-0.15, -0.1) is 0 Å². The second-order valence-electron chi connectivity index (χ2n) is 9.87. The Kier molecular flexibility index (Phi) is 10.2. The number of nitrogens with two attached hydrogens (primary N) is 2. The van der Waals surface area contributed by atoms with Crippen LogP contribution in [0, 0.1) is 5.92 Å². The van der Waals surface area contributed by atoms with Crippen LogP contribution in [0.1, 0.15) is 25.7 Å². The Balaban J connectivity index is 1.64. The van der Waals surface area contributed by atoms with Crippen molar-refractivity contribution in [2.24, 2.45) is 17.4 Å². The van der Waals surface area contributed by atoms with Crippen molar-refractivity contribution in [1.29, 1.82) is 0 Å². The molecule has 1 aliphatic carbocycles. The van der Waals surface area contributed by atoms with E-state index in [1.165, 1.54) is 25.7 Å². The van der Waals surface area contributed by atoms with E-state index in [1.807, 2.05) is 0 Å². The molecule has 9 nitrogen and oxygen atoms in total. The van der Waals surface area contributed by atoms with Gasteiger partial charge in [0.2, 0.25) is 0 Å². The molecule has 176 valence electrons. The van der Waals surface area contributed by atoms with Gasteiger partial charge in [-0.1, -0.05) is 0 Å². The SMILES string of the molecule is NC1CCC(CNC23CNCCNCC(N)(CNCCNC2)CNCCNC3)CC1. The number of fused-ring (bicyclic) bond motifs is 15. The Bertz CT molecular complexity index is 424. The Morgan fingerprint density at radius 1 is 0.633 bits per heavy atom. The molecular weight excluding hydrogens is 378 g/mol. The molecule has 30 heavy (non-hydrogen) atoms. The van der Waals surface area contributed by atoms with Crippen molar-refractivity contribution >= 4 is 0 Å². The molecule has 0 unspecified atom stereocenters. The summed E-state index contributed by atoms with van der Waals surface area (Å²) in [6, 6.07) is 0.410. The van der Waals surface area contributed by atoms with Crippen molar-refractivity contribution in [3.05, 3.63) is 0 Å². The summed E-state index contributed by atoms with van der Waals surface area (Å²) in [6.45, 7) is 11.9. The lowest BCUT2D eigenvalue weighted by Crippen LogP contribution is -2.66. The molecule has 4 aliphatic rings. The first-order chi connectivity index (χ1) is 14.6. The molecule has 0 spiro atoms. The summed E-state index contributed by atoms with van der Waals surface area (Å²) in [7, 11) is 0. The first-order valence-corrected chi connectivity index (χ1v) is 12.1. The lowest BCUT2D eigenvalue weighted by atomic mass is 9.85. The Morgan fingerprint density at radius 3 is 1.47 bits per heavy atom. The van der Waals surface area contributed by atoms with E-state index in [0.29, 0.717) is 6.04 Å². The van der Waals surface area contributed by atoms with Crippen LogP contribution in [0.25, 0.3) is 0 Å². The van der Waals surface area contributed by atoms with Gasteiger partial charge in [0.05, 0.1) is 11.1 Å². The van der Waals surface area contributed by atoms with Gasteiger partial charge in [-0.3, -0.25) is 0 Å². The number of hydrogen-bond donors (Lipinski definition) is 9. The van der Waals surface area contributed by atoms with Crippen LogP contribution in [0.15, 0.2) is 0 Å². The maximum Gasteiger partial charge on any atom is 0.0558 e. The summed E-state index contributed by atoms with van der Waals surface area (Å²) in [5, 5.41) is 25.8. The predicted octanol–water partition coefficient (Wildman–Crippen LogP) is -2.91. The molecule has 3 saturated heterocycles. The van der Waals surface area contributed by atoms with Crippen LogP contribution >= 0.6 is 0 Å². The summed E-state index contributed by atoms with van der Waals surface area (Å²) >= 11 is 0. The number of rotatable bonds is 3. The largest absolute Gasteiger partial charge is 0.328 e. The van der Waals surface area contributed by atoms with Crippen LogP contribution in [0.4, 0.5) is 0 Å². The summed E-state index contributed by atoms with van der Waals surface area (Å²) in [4.78, 5) is 0. The summed E-state index contributed by atoms with van der Waals surface area (Å²) in [5.74, 6) is 0.739. The Morgan fingerprint density at radius 2 is 1.03 bits per heavy atom. The highest BCUT2D eigenvalue weighted by atomic mass is 15.1. The monoisotopic (exact) mass is 425 g/mol. The molecule has 1 saturated carbocycles. The highest BCUT2D eigenvalue weighted by Crippen LogP contribution is 2.23. The number of hydrogen-bond acceptors (Lipinski definition) is 9. The van der Waals surface area contributed by atoms with Gasteiger partial charge in [0.1, 0.15) is 0 Å². The average molecular weight is 426 g/mol. The van der Waals surface area contributed by atoms with Crippen LogP contribution in [-0.2, 0) is 0 Å². The predicted molar refractivity (Wildman–Crippen MR) is 125 cm³/mol. The summed E-state index contributed by atoms with van der Waals surface area (Å²) in [6.07, 6.45) is 4.83. The van der Waals surface area contributed by atoms with Gasteiger partial charge < -0.3 is 48.7 Å². The highest BCUT2D eigenvalue weighted by molar-refractivity contribution is 4.97. The first-order valence-electron chi connectivity index (χ1n) is 12.1. The van der Waals surface area contributed by atoms with Gasteiger partial charge >= 0.3 is 0 Å². The zero-order valence-electron chi connectivity index (χ0n) is 18.8. The molecule has 0 amide bonds. The van der Waals surface area contributed by atoms with Gasteiger partial charge in [-0.2, -0.15) is 0 Å².